The zero-order chi connectivity index (χ0) is 22.6. The summed E-state index contributed by atoms with van der Waals surface area (Å²) in [5.41, 5.74) is -1.71. The second kappa shape index (κ2) is 5.49. The molecule has 4 aromatic rings. The Bertz CT molecular complexity index is 1430. The van der Waals surface area contributed by atoms with Crippen molar-refractivity contribution in [1.29, 1.82) is 0 Å². The molecule has 0 bridgehead atoms. The lowest BCUT2D eigenvalue weighted by Crippen LogP contribution is -2.77. The van der Waals surface area contributed by atoms with Gasteiger partial charge in [-0.05, 0) is 6.92 Å². The van der Waals surface area contributed by atoms with Crippen LogP contribution in [0.1, 0.15) is 17.1 Å². The maximum Gasteiger partial charge on any atom is 0.584 e. The largest absolute Gasteiger partial charge is 0.584 e. The predicted molar refractivity (Wildman–Crippen MR) is 90.2 cm³/mol. The molecule has 6 rings (SSSR count). The predicted octanol–water partition coefficient (Wildman–Crippen LogP) is 1.96. The summed E-state index contributed by atoms with van der Waals surface area (Å²) in [5, 5.41) is 8.12. The molecule has 1 atom stereocenters. The van der Waals surface area contributed by atoms with Gasteiger partial charge in [-0.15, -0.1) is 9.78 Å². The second-order valence-electron chi connectivity index (χ2n) is 7.32. The van der Waals surface area contributed by atoms with Gasteiger partial charge < -0.3 is 0 Å². The molecule has 0 saturated carbocycles. The average Bonchev–Trinajstić information content (AvgIpc) is 3.42. The SMILES string of the molecule is Cc1nc2n(n1)C1(n3nc(C(F)(F)F)cc3-c3cncc[n+]31)[n+]1ccc(C(F)(F)F)cc1-2. The Labute approximate surface area is 174 Å². The lowest BCUT2D eigenvalue weighted by Gasteiger charge is -2.16. The van der Waals surface area contributed by atoms with E-state index in [4.69, 9.17) is 0 Å². The third-order valence-electron chi connectivity index (χ3n) is 5.46. The van der Waals surface area contributed by atoms with E-state index in [-0.39, 0.29) is 28.7 Å². The summed E-state index contributed by atoms with van der Waals surface area (Å²) in [6.07, 6.45) is -3.96. The minimum Gasteiger partial charge on any atom is -0.251 e. The fourth-order valence-corrected chi connectivity index (χ4v) is 4.26. The van der Waals surface area contributed by atoms with Crippen molar-refractivity contribution < 1.29 is 35.5 Å². The molecule has 1 spiro atoms. The Morgan fingerprint density at radius 1 is 0.906 bits per heavy atom. The van der Waals surface area contributed by atoms with Gasteiger partial charge >= 0.3 is 18.3 Å². The smallest absolute Gasteiger partial charge is 0.251 e. The molecule has 0 aliphatic carbocycles. The number of hydrogen-bond donors (Lipinski definition) is 0. The summed E-state index contributed by atoms with van der Waals surface area (Å²) < 4.78 is 86.0. The van der Waals surface area contributed by atoms with E-state index in [1.807, 2.05) is 0 Å². The third-order valence-corrected chi connectivity index (χ3v) is 5.46. The van der Waals surface area contributed by atoms with E-state index < -0.39 is 29.5 Å². The first-order valence-corrected chi connectivity index (χ1v) is 9.15. The molecule has 0 aromatic carbocycles. The van der Waals surface area contributed by atoms with Crippen LogP contribution in [0.4, 0.5) is 26.3 Å². The molecular weight excluding hydrogens is 442 g/mol. The molecule has 162 valence electrons. The van der Waals surface area contributed by atoms with E-state index in [0.717, 1.165) is 29.1 Å². The summed E-state index contributed by atoms with van der Waals surface area (Å²) in [5.74, 6) is -1.44. The summed E-state index contributed by atoms with van der Waals surface area (Å²) in [4.78, 5) is 8.25. The zero-order valence-corrected chi connectivity index (χ0v) is 15.9. The van der Waals surface area contributed by atoms with Gasteiger partial charge in [-0.1, -0.05) is 13.8 Å². The highest BCUT2D eigenvalue weighted by Gasteiger charge is 2.71. The first-order chi connectivity index (χ1) is 15.0. The summed E-state index contributed by atoms with van der Waals surface area (Å²) in [7, 11) is 0. The molecule has 2 aliphatic rings. The summed E-state index contributed by atoms with van der Waals surface area (Å²) in [6, 6.07) is 2.61. The number of aryl methyl sites for hydroxylation is 1. The maximum absolute atomic E-state index is 13.5. The van der Waals surface area contributed by atoms with Gasteiger partial charge in [-0.25, -0.2) is 4.98 Å². The number of fused-ring (bicyclic) bond motifs is 10. The monoisotopic (exact) mass is 452 g/mol. The molecule has 6 heterocycles. The molecule has 0 radical (unpaired) electrons. The van der Waals surface area contributed by atoms with Gasteiger partial charge in [-0.2, -0.15) is 31.4 Å². The van der Waals surface area contributed by atoms with Crippen molar-refractivity contribution in [3.05, 3.63) is 60.1 Å². The maximum atomic E-state index is 13.5. The molecule has 0 N–H and O–H groups in total. The molecule has 0 fully saturated rings. The molecular formula is C18H10F6N8+2. The van der Waals surface area contributed by atoms with Gasteiger partial charge in [0.15, 0.2) is 23.8 Å². The number of pyridine rings is 1. The van der Waals surface area contributed by atoms with Gasteiger partial charge in [0.05, 0.1) is 11.8 Å². The van der Waals surface area contributed by atoms with Crippen LogP contribution in [0.5, 0.6) is 0 Å². The third kappa shape index (κ3) is 2.13. The molecule has 0 amide bonds. The van der Waals surface area contributed by atoms with Crippen LogP contribution in [0.15, 0.2) is 43.0 Å². The fourth-order valence-electron chi connectivity index (χ4n) is 4.26. The Balaban J connectivity index is 1.76. The molecule has 8 nitrogen and oxygen atoms in total. The first-order valence-electron chi connectivity index (χ1n) is 9.15. The van der Waals surface area contributed by atoms with Crippen LogP contribution in [0, 0.1) is 6.92 Å². The van der Waals surface area contributed by atoms with Gasteiger partial charge in [0.2, 0.25) is 5.82 Å². The van der Waals surface area contributed by atoms with Gasteiger partial charge in [0.25, 0.3) is 11.4 Å². The van der Waals surface area contributed by atoms with Crippen molar-refractivity contribution in [1.82, 2.24) is 29.5 Å². The van der Waals surface area contributed by atoms with E-state index in [2.05, 4.69) is 20.2 Å². The van der Waals surface area contributed by atoms with Crippen molar-refractivity contribution in [2.45, 2.75) is 25.2 Å². The van der Waals surface area contributed by atoms with Crippen molar-refractivity contribution in [2.75, 3.05) is 0 Å². The Kier molecular flexibility index (Phi) is 3.24. The Hall–Kier alpha value is -3.84. The van der Waals surface area contributed by atoms with E-state index >= 15 is 0 Å². The number of halogens is 6. The highest BCUT2D eigenvalue weighted by atomic mass is 19.4. The van der Waals surface area contributed by atoms with Crippen molar-refractivity contribution in [3.63, 3.8) is 0 Å². The van der Waals surface area contributed by atoms with Crippen molar-refractivity contribution in [3.8, 4) is 22.9 Å². The van der Waals surface area contributed by atoms with Gasteiger partial charge in [-0.3, -0.25) is 4.98 Å². The van der Waals surface area contributed by atoms with Gasteiger partial charge in [0.1, 0.15) is 12.0 Å². The number of nitrogens with zero attached hydrogens (tertiary/aromatic N) is 8. The zero-order valence-electron chi connectivity index (χ0n) is 15.9. The molecule has 14 heteroatoms. The van der Waals surface area contributed by atoms with Crippen LogP contribution in [0.2, 0.25) is 0 Å². The molecule has 32 heavy (non-hydrogen) atoms. The van der Waals surface area contributed by atoms with Crippen LogP contribution in [0.3, 0.4) is 0 Å². The number of alkyl halides is 6. The fraction of sp³-hybridized carbons (Fsp3) is 0.222. The van der Waals surface area contributed by atoms with E-state index in [1.165, 1.54) is 34.8 Å². The van der Waals surface area contributed by atoms with Crippen LogP contribution < -0.4 is 9.13 Å². The Morgan fingerprint density at radius 2 is 1.66 bits per heavy atom. The summed E-state index contributed by atoms with van der Waals surface area (Å²) >= 11 is 0. The molecule has 4 aromatic heterocycles. The number of rotatable bonds is 0. The molecule has 2 aliphatic heterocycles. The molecule has 0 saturated heterocycles. The first kappa shape index (κ1) is 18.9. The second-order valence-corrected chi connectivity index (χ2v) is 7.32. The standard InChI is InChI=1S/C18H10F6N8/c1-9-26-15-12-6-10(16(19,20)21)2-4-29(12)18(32(15)27-9)30-5-3-25-8-13(30)11-7-14(17(22,23)24)28-31(11)18/h2-8H,1H3/q+2. The minimum absolute atomic E-state index is 0.0209. The Morgan fingerprint density at radius 3 is 2.38 bits per heavy atom. The van der Waals surface area contributed by atoms with Crippen LogP contribution >= 0.6 is 0 Å². The van der Waals surface area contributed by atoms with Crippen molar-refractivity contribution in [2.24, 2.45) is 0 Å². The van der Waals surface area contributed by atoms with Crippen molar-refractivity contribution >= 4 is 0 Å². The van der Waals surface area contributed by atoms with Crippen LogP contribution in [-0.2, 0) is 18.3 Å². The number of hydrogen-bond acceptors (Lipinski definition) is 4. The van der Waals surface area contributed by atoms with E-state index in [9.17, 15) is 26.3 Å². The topological polar surface area (TPSA) is 69.2 Å². The van der Waals surface area contributed by atoms with Crippen LogP contribution in [0.25, 0.3) is 22.9 Å². The van der Waals surface area contributed by atoms with E-state index in [0.29, 0.717) is 0 Å². The highest BCUT2D eigenvalue weighted by Crippen LogP contribution is 2.40. The highest BCUT2D eigenvalue weighted by molar-refractivity contribution is 5.55. The van der Waals surface area contributed by atoms with E-state index in [1.54, 1.807) is 4.57 Å². The normalized spacial score (nSPS) is 18.6. The van der Waals surface area contributed by atoms with Crippen LogP contribution in [-0.4, -0.2) is 29.5 Å². The average molecular weight is 452 g/mol. The number of aromatic nitrogens is 8. The quantitative estimate of drug-likeness (QED) is 0.261. The summed E-state index contributed by atoms with van der Waals surface area (Å²) in [6.45, 7) is 1.54. The lowest BCUT2D eigenvalue weighted by molar-refractivity contribution is -0.990. The minimum atomic E-state index is -4.74. The van der Waals surface area contributed by atoms with Gasteiger partial charge in [0, 0.05) is 18.2 Å². The lowest BCUT2D eigenvalue weighted by atomic mass is 10.2. The molecule has 1 unspecified atom stereocenters.